The predicted octanol–water partition coefficient (Wildman–Crippen LogP) is 1.38. The van der Waals surface area contributed by atoms with Gasteiger partial charge < -0.3 is 15.2 Å². The van der Waals surface area contributed by atoms with Crippen molar-refractivity contribution in [3.8, 4) is 0 Å². The molecule has 2 aliphatic carbocycles. The van der Waals surface area contributed by atoms with Gasteiger partial charge >= 0.3 is 0 Å². The second-order valence-electron chi connectivity index (χ2n) is 5.08. The summed E-state index contributed by atoms with van der Waals surface area (Å²) >= 11 is 0. The maximum absolute atomic E-state index is 5.40. The van der Waals surface area contributed by atoms with Crippen LogP contribution < -0.4 is 10.6 Å². The first-order valence-corrected chi connectivity index (χ1v) is 6.80. The van der Waals surface area contributed by atoms with E-state index in [0.717, 1.165) is 30.3 Å². The Morgan fingerprint density at radius 2 is 2.22 bits per heavy atom. The minimum absolute atomic E-state index is 0.613. The first kappa shape index (κ1) is 11.6. The van der Waals surface area contributed by atoms with E-state index in [1.54, 1.807) is 7.05 Å². The van der Waals surface area contributed by atoms with Gasteiger partial charge in [-0.25, -0.2) is 0 Å². The number of aryl methyl sites for hydroxylation is 1. The zero-order valence-corrected chi connectivity index (χ0v) is 10.8. The molecule has 0 bridgehead atoms. The molecule has 1 heterocycles. The van der Waals surface area contributed by atoms with Crippen LogP contribution in [0, 0.1) is 0 Å². The quantitative estimate of drug-likeness (QED) is 0.626. The number of rotatable bonds is 3. The van der Waals surface area contributed by atoms with Gasteiger partial charge in [0.15, 0.2) is 5.96 Å². The molecule has 0 unspecified atom stereocenters. The van der Waals surface area contributed by atoms with Crippen LogP contribution in [0.4, 0.5) is 0 Å². The Morgan fingerprint density at radius 3 is 3.00 bits per heavy atom. The Morgan fingerprint density at radius 1 is 1.39 bits per heavy atom. The van der Waals surface area contributed by atoms with Crippen molar-refractivity contribution >= 4 is 5.96 Å². The fraction of sp³-hybridized carbons (Fsp3) is 0.692. The molecule has 98 valence electrons. The van der Waals surface area contributed by atoms with Crippen molar-refractivity contribution in [2.24, 2.45) is 4.99 Å². The van der Waals surface area contributed by atoms with Crippen molar-refractivity contribution in [2.75, 3.05) is 7.05 Å². The molecule has 18 heavy (non-hydrogen) atoms. The lowest BCUT2D eigenvalue weighted by Crippen LogP contribution is -2.38. The van der Waals surface area contributed by atoms with E-state index >= 15 is 0 Å². The van der Waals surface area contributed by atoms with Crippen molar-refractivity contribution in [1.82, 2.24) is 15.8 Å². The molecule has 5 nitrogen and oxygen atoms in total. The first-order valence-electron chi connectivity index (χ1n) is 6.80. The number of aliphatic imine (C=N–C) groups is 1. The molecule has 1 saturated carbocycles. The summed E-state index contributed by atoms with van der Waals surface area (Å²) in [6.45, 7) is 0.700. The second-order valence-corrected chi connectivity index (χ2v) is 5.08. The molecule has 0 spiro atoms. The SMILES string of the molecule is CN=C(NCc1noc2c1CCCC2)NC1CC1. The Labute approximate surface area is 107 Å². The standard InChI is InChI=1S/C13H20N4O/c1-14-13(16-9-6-7-9)15-8-11-10-4-2-3-5-12(10)18-17-11/h9H,2-8H2,1H3,(H2,14,15,16). The van der Waals surface area contributed by atoms with E-state index in [4.69, 9.17) is 4.52 Å². The maximum Gasteiger partial charge on any atom is 0.191 e. The lowest BCUT2D eigenvalue weighted by Gasteiger charge is -2.12. The van der Waals surface area contributed by atoms with Gasteiger partial charge in [0.1, 0.15) is 11.5 Å². The lowest BCUT2D eigenvalue weighted by molar-refractivity contribution is 0.367. The van der Waals surface area contributed by atoms with Crippen molar-refractivity contribution in [3.63, 3.8) is 0 Å². The summed E-state index contributed by atoms with van der Waals surface area (Å²) < 4.78 is 5.40. The van der Waals surface area contributed by atoms with Crippen LogP contribution in [0.5, 0.6) is 0 Å². The normalized spacial score (nSPS) is 19.5. The van der Waals surface area contributed by atoms with Gasteiger partial charge in [0, 0.05) is 25.1 Å². The number of aromatic nitrogens is 1. The lowest BCUT2D eigenvalue weighted by atomic mass is 9.96. The summed E-state index contributed by atoms with van der Waals surface area (Å²) in [5.41, 5.74) is 2.36. The first-order chi connectivity index (χ1) is 8.86. The van der Waals surface area contributed by atoms with E-state index in [1.807, 2.05) is 0 Å². The van der Waals surface area contributed by atoms with Crippen LogP contribution in [-0.2, 0) is 19.4 Å². The average Bonchev–Trinajstić information content (AvgIpc) is 3.13. The van der Waals surface area contributed by atoms with Crippen LogP contribution in [0.2, 0.25) is 0 Å². The zero-order chi connectivity index (χ0) is 12.4. The smallest absolute Gasteiger partial charge is 0.191 e. The van der Waals surface area contributed by atoms with Crippen LogP contribution in [0.1, 0.15) is 42.7 Å². The van der Waals surface area contributed by atoms with Crippen molar-refractivity contribution < 1.29 is 4.52 Å². The maximum atomic E-state index is 5.40. The molecule has 0 aromatic carbocycles. The third kappa shape index (κ3) is 2.49. The monoisotopic (exact) mass is 248 g/mol. The molecule has 0 radical (unpaired) electrons. The van der Waals surface area contributed by atoms with Crippen molar-refractivity contribution in [2.45, 2.75) is 51.1 Å². The third-order valence-corrected chi connectivity index (χ3v) is 3.60. The number of hydrogen-bond acceptors (Lipinski definition) is 3. The molecule has 0 atom stereocenters. The molecular weight excluding hydrogens is 228 g/mol. The highest BCUT2D eigenvalue weighted by molar-refractivity contribution is 5.80. The van der Waals surface area contributed by atoms with Gasteiger partial charge in [0.2, 0.25) is 0 Å². The van der Waals surface area contributed by atoms with Gasteiger partial charge in [-0.15, -0.1) is 0 Å². The summed E-state index contributed by atoms with van der Waals surface area (Å²) in [7, 11) is 1.80. The number of hydrogen-bond donors (Lipinski definition) is 2. The molecule has 1 aromatic heterocycles. The molecule has 0 aliphatic heterocycles. The fourth-order valence-corrected chi connectivity index (χ4v) is 2.37. The summed E-state index contributed by atoms with van der Waals surface area (Å²) in [4.78, 5) is 4.22. The van der Waals surface area contributed by atoms with E-state index in [9.17, 15) is 0 Å². The summed E-state index contributed by atoms with van der Waals surface area (Å²) in [5, 5.41) is 10.9. The highest BCUT2D eigenvalue weighted by atomic mass is 16.5. The number of nitrogens with one attached hydrogen (secondary N) is 2. The molecule has 0 amide bonds. The summed E-state index contributed by atoms with van der Waals surface area (Å²) in [5.74, 6) is 1.95. The predicted molar refractivity (Wildman–Crippen MR) is 69.5 cm³/mol. The van der Waals surface area contributed by atoms with Crippen LogP contribution in [-0.4, -0.2) is 24.2 Å². The van der Waals surface area contributed by atoms with Gasteiger partial charge in [0.25, 0.3) is 0 Å². The molecule has 2 N–H and O–H groups in total. The highest BCUT2D eigenvalue weighted by Gasteiger charge is 2.23. The van der Waals surface area contributed by atoms with Crippen molar-refractivity contribution in [3.05, 3.63) is 17.0 Å². The van der Waals surface area contributed by atoms with Gasteiger partial charge in [0.05, 0.1) is 6.54 Å². The summed E-state index contributed by atoms with van der Waals surface area (Å²) in [6.07, 6.45) is 7.11. The third-order valence-electron chi connectivity index (χ3n) is 3.60. The minimum atomic E-state index is 0.613. The number of nitrogens with zero attached hydrogens (tertiary/aromatic N) is 2. The number of guanidine groups is 1. The van der Waals surface area contributed by atoms with E-state index in [2.05, 4.69) is 20.8 Å². The second kappa shape index (κ2) is 5.00. The Balaban J connectivity index is 1.60. The number of fused-ring (bicyclic) bond motifs is 1. The molecule has 1 aromatic rings. The van der Waals surface area contributed by atoms with Crippen LogP contribution >= 0.6 is 0 Å². The van der Waals surface area contributed by atoms with Gasteiger partial charge in [-0.2, -0.15) is 0 Å². The van der Waals surface area contributed by atoms with E-state index < -0.39 is 0 Å². The van der Waals surface area contributed by atoms with Crippen LogP contribution in [0.25, 0.3) is 0 Å². The Bertz CT molecular complexity index is 448. The largest absolute Gasteiger partial charge is 0.361 e. The summed E-state index contributed by atoms with van der Waals surface area (Å²) in [6, 6.07) is 0.613. The average molecular weight is 248 g/mol. The Hall–Kier alpha value is -1.52. The van der Waals surface area contributed by atoms with Gasteiger partial charge in [-0.05, 0) is 32.1 Å². The zero-order valence-electron chi connectivity index (χ0n) is 10.8. The molecular formula is C13H20N4O. The molecule has 2 aliphatic rings. The van der Waals surface area contributed by atoms with Gasteiger partial charge in [-0.3, -0.25) is 4.99 Å². The van der Waals surface area contributed by atoms with Crippen LogP contribution in [0.15, 0.2) is 9.52 Å². The fourth-order valence-electron chi connectivity index (χ4n) is 2.37. The van der Waals surface area contributed by atoms with E-state index in [0.29, 0.717) is 12.6 Å². The van der Waals surface area contributed by atoms with E-state index in [1.165, 1.54) is 31.2 Å². The van der Waals surface area contributed by atoms with Crippen LogP contribution in [0.3, 0.4) is 0 Å². The topological polar surface area (TPSA) is 62.5 Å². The molecule has 1 fully saturated rings. The minimum Gasteiger partial charge on any atom is -0.361 e. The van der Waals surface area contributed by atoms with Crippen molar-refractivity contribution in [1.29, 1.82) is 0 Å². The van der Waals surface area contributed by atoms with Gasteiger partial charge in [-0.1, -0.05) is 5.16 Å². The molecule has 0 saturated heterocycles. The molecule has 3 rings (SSSR count). The Kier molecular flexibility index (Phi) is 3.21. The van der Waals surface area contributed by atoms with E-state index in [-0.39, 0.29) is 0 Å². The molecule has 5 heteroatoms. The highest BCUT2D eigenvalue weighted by Crippen LogP contribution is 2.24.